The Balaban J connectivity index is 3.58. The first kappa shape index (κ1) is 7.00. The third-order valence-electron chi connectivity index (χ3n) is 0.493. The maximum atomic E-state index is 9.84. The van der Waals surface area contributed by atoms with Crippen molar-refractivity contribution in [2.45, 2.75) is 4.47 Å². The molecule has 0 saturated carbocycles. The monoisotopic (exact) mass is 216 g/mol. The number of hydrogen-bond donors (Lipinski definition) is 1. The van der Waals surface area contributed by atoms with Crippen molar-refractivity contribution in [2.24, 2.45) is 0 Å². The zero-order chi connectivity index (χ0) is 5.86. The van der Waals surface area contributed by atoms with Gasteiger partial charge < -0.3 is 0 Å². The number of carboxylic acids is 1. The second-order valence-electron chi connectivity index (χ2n) is 1.07. The fourth-order valence-electron chi connectivity index (χ4n) is 0.0676. The SMILES string of the molecule is C=C(C[TeH])C(=O)O. The Morgan fingerprint density at radius 1 is 1.86 bits per heavy atom. The number of carbonyl (C=O) groups is 1. The van der Waals surface area contributed by atoms with Crippen LogP contribution in [0.4, 0.5) is 0 Å². The van der Waals surface area contributed by atoms with E-state index in [1.807, 2.05) is 0 Å². The second kappa shape index (κ2) is 3.06. The Labute approximate surface area is 55.1 Å². The van der Waals surface area contributed by atoms with Crippen LogP contribution in [0.15, 0.2) is 12.2 Å². The Bertz CT molecular complexity index is 97.9. The average molecular weight is 214 g/mol. The molecular formula is C4H6O2Te. The molecular weight excluding hydrogens is 208 g/mol. The molecule has 0 amide bonds. The zero-order valence-corrected chi connectivity index (χ0v) is 6.27. The van der Waals surface area contributed by atoms with Crippen LogP contribution in [0.1, 0.15) is 0 Å². The molecule has 7 heavy (non-hydrogen) atoms. The number of hydrogen-bond acceptors (Lipinski definition) is 1. The Morgan fingerprint density at radius 2 is 2.29 bits per heavy atom. The van der Waals surface area contributed by atoms with Crippen LogP contribution in [-0.2, 0) is 4.79 Å². The fourth-order valence-corrected chi connectivity index (χ4v) is 0.454. The van der Waals surface area contributed by atoms with Gasteiger partial charge in [0.05, 0.1) is 0 Å². The maximum absolute atomic E-state index is 9.84. The van der Waals surface area contributed by atoms with E-state index in [0.29, 0.717) is 4.47 Å². The van der Waals surface area contributed by atoms with E-state index in [4.69, 9.17) is 5.11 Å². The van der Waals surface area contributed by atoms with E-state index in [-0.39, 0.29) is 5.57 Å². The normalized spacial score (nSPS) is 8.14. The van der Waals surface area contributed by atoms with Crippen LogP contribution in [0.3, 0.4) is 0 Å². The number of aliphatic carboxylic acids is 1. The molecule has 0 spiro atoms. The predicted octanol–water partition coefficient (Wildman–Crippen LogP) is -0.0537. The summed E-state index contributed by atoms with van der Waals surface area (Å²) in [7, 11) is 0. The van der Waals surface area contributed by atoms with Crippen LogP contribution in [0.5, 0.6) is 0 Å². The van der Waals surface area contributed by atoms with E-state index in [9.17, 15) is 4.79 Å². The third kappa shape index (κ3) is 2.67. The summed E-state index contributed by atoms with van der Waals surface area (Å²) in [6.45, 7) is 3.29. The summed E-state index contributed by atoms with van der Waals surface area (Å²) in [5.74, 6) is -0.888. The van der Waals surface area contributed by atoms with Crippen molar-refractivity contribution in [3.05, 3.63) is 12.2 Å². The molecule has 0 fully saturated rings. The van der Waals surface area contributed by atoms with Gasteiger partial charge in [-0.05, 0) is 0 Å². The first-order valence-electron chi connectivity index (χ1n) is 1.70. The van der Waals surface area contributed by atoms with Crippen molar-refractivity contribution in [3.8, 4) is 0 Å². The molecule has 2 nitrogen and oxygen atoms in total. The molecule has 1 N–H and O–H groups in total. The summed E-state index contributed by atoms with van der Waals surface area (Å²) < 4.78 is 0.573. The predicted molar refractivity (Wildman–Crippen MR) is 28.7 cm³/mol. The molecule has 0 saturated heterocycles. The van der Waals surface area contributed by atoms with Gasteiger partial charge in [0.2, 0.25) is 0 Å². The molecule has 0 aromatic carbocycles. The summed E-state index contributed by atoms with van der Waals surface area (Å²) in [6, 6.07) is 0. The molecule has 40 valence electrons. The molecule has 0 aromatic heterocycles. The van der Waals surface area contributed by atoms with Crippen molar-refractivity contribution in [1.82, 2.24) is 0 Å². The molecule has 0 aliphatic heterocycles. The van der Waals surface area contributed by atoms with Crippen molar-refractivity contribution in [3.63, 3.8) is 0 Å². The van der Waals surface area contributed by atoms with Gasteiger partial charge in [0.1, 0.15) is 0 Å². The Hall–Kier alpha value is -0.000390. The number of carboxylic acid groups (broad SMARTS) is 1. The minimum atomic E-state index is -0.888. The molecule has 0 radical (unpaired) electrons. The van der Waals surface area contributed by atoms with Gasteiger partial charge in [-0.25, -0.2) is 0 Å². The molecule has 0 rings (SSSR count). The molecule has 0 aliphatic rings. The summed E-state index contributed by atoms with van der Waals surface area (Å²) in [5.41, 5.74) is 0.286. The van der Waals surface area contributed by atoms with Crippen molar-refractivity contribution in [2.75, 3.05) is 0 Å². The van der Waals surface area contributed by atoms with Gasteiger partial charge in [0.25, 0.3) is 0 Å². The van der Waals surface area contributed by atoms with E-state index < -0.39 is 5.97 Å². The van der Waals surface area contributed by atoms with E-state index >= 15 is 0 Å². The van der Waals surface area contributed by atoms with Gasteiger partial charge in [0, 0.05) is 0 Å². The van der Waals surface area contributed by atoms with Gasteiger partial charge in [-0.15, -0.1) is 0 Å². The fraction of sp³-hybridized carbons (Fsp3) is 0.250. The first-order valence-corrected chi connectivity index (χ1v) is 3.51. The summed E-state index contributed by atoms with van der Waals surface area (Å²) >= 11 is 1.45. The van der Waals surface area contributed by atoms with Gasteiger partial charge in [-0.3, -0.25) is 0 Å². The van der Waals surface area contributed by atoms with E-state index in [1.165, 1.54) is 22.3 Å². The molecule has 0 heterocycles. The van der Waals surface area contributed by atoms with Gasteiger partial charge in [-0.2, -0.15) is 0 Å². The third-order valence-corrected chi connectivity index (χ3v) is 1.58. The molecule has 0 aliphatic carbocycles. The van der Waals surface area contributed by atoms with Crippen LogP contribution < -0.4 is 0 Å². The number of rotatable bonds is 2. The summed E-state index contributed by atoms with van der Waals surface area (Å²) in [4.78, 5) is 9.84. The molecule has 0 bridgehead atoms. The van der Waals surface area contributed by atoms with Crippen LogP contribution in [0, 0.1) is 0 Å². The molecule has 0 atom stereocenters. The van der Waals surface area contributed by atoms with Crippen molar-refractivity contribution < 1.29 is 9.90 Å². The Kier molecular flexibility index (Phi) is 3.06. The minimum absolute atomic E-state index is 0.286. The van der Waals surface area contributed by atoms with Gasteiger partial charge >= 0.3 is 54.8 Å². The van der Waals surface area contributed by atoms with Gasteiger partial charge in [-0.1, -0.05) is 0 Å². The standard InChI is InChI=1S/C4H6O2Te/c1-3(2-7)4(5)6/h7H,1-2H2,(H,5,6). The van der Waals surface area contributed by atoms with E-state index in [2.05, 4.69) is 6.58 Å². The molecule has 3 heteroatoms. The van der Waals surface area contributed by atoms with Crippen molar-refractivity contribution in [1.29, 1.82) is 0 Å². The van der Waals surface area contributed by atoms with Gasteiger partial charge in [0.15, 0.2) is 0 Å². The molecule has 0 aromatic rings. The van der Waals surface area contributed by atoms with E-state index in [1.54, 1.807) is 0 Å². The second-order valence-corrected chi connectivity index (χ2v) is 1.97. The van der Waals surface area contributed by atoms with E-state index in [0.717, 1.165) is 0 Å². The zero-order valence-electron chi connectivity index (χ0n) is 3.72. The first-order chi connectivity index (χ1) is 3.18. The Morgan fingerprint density at radius 3 is 2.29 bits per heavy atom. The summed E-state index contributed by atoms with van der Waals surface area (Å²) in [5, 5.41) is 8.09. The van der Waals surface area contributed by atoms with Crippen molar-refractivity contribution >= 4 is 28.3 Å². The average Bonchev–Trinajstić information content (AvgIpc) is 1.65. The quantitative estimate of drug-likeness (QED) is 0.516. The van der Waals surface area contributed by atoms with Crippen LogP contribution in [0.25, 0.3) is 0 Å². The van der Waals surface area contributed by atoms with Crippen LogP contribution in [0.2, 0.25) is 4.47 Å². The summed E-state index contributed by atoms with van der Waals surface area (Å²) in [6.07, 6.45) is 0. The molecule has 0 unspecified atom stereocenters. The topological polar surface area (TPSA) is 37.3 Å². The van der Waals surface area contributed by atoms with Crippen LogP contribution in [-0.4, -0.2) is 33.4 Å². The van der Waals surface area contributed by atoms with Crippen LogP contribution >= 0.6 is 0 Å².